The Morgan fingerprint density at radius 3 is 2.68 bits per heavy atom. The molecule has 2 aliphatic rings. The smallest absolute Gasteiger partial charge is 0.191 e. The average Bonchev–Trinajstić information content (AvgIpc) is 3.18. The Hall–Kier alpha value is -0.980. The van der Waals surface area contributed by atoms with E-state index in [-0.39, 0.29) is 30.0 Å². The Kier molecular flexibility index (Phi) is 11.5. The predicted octanol–water partition coefficient (Wildman–Crippen LogP) is 1.66. The van der Waals surface area contributed by atoms with Crippen LogP contribution in [0.4, 0.5) is 0 Å². The van der Waals surface area contributed by atoms with Crippen molar-refractivity contribution in [3.05, 3.63) is 11.6 Å². The molecule has 2 N–H and O–H groups in total. The molecule has 0 bridgehead atoms. The van der Waals surface area contributed by atoms with Crippen molar-refractivity contribution in [2.75, 3.05) is 47.0 Å². The Morgan fingerprint density at radius 2 is 2.03 bits per heavy atom. The van der Waals surface area contributed by atoms with Crippen LogP contribution >= 0.6 is 24.0 Å². The standard InChI is InChI=1S/C21H39N7O2.HI/c1-5-16(6-2)18(27-9-11-30-12-10-27)13-23-21(22-3)24-17-7-8-20-25-19(15-29-4)26-28(20)14-17;/h16-18H,5-15H2,1-4H3,(H2,22,23,24);1H. The SMILES string of the molecule is CCC(CC)C(CNC(=NC)NC1CCc2nc(COC)nn2C1)N1CCOCC1.I. The molecule has 2 aliphatic heterocycles. The lowest BCUT2D eigenvalue weighted by molar-refractivity contribution is 0.00271. The third-order valence-corrected chi connectivity index (χ3v) is 6.33. The molecule has 2 atom stereocenters. The molecular formula is C21H40IN7O2. The van der Waals surface area contributed by atoms with E-state index in [9.17, 15) is 0 Å². The number of aromatic nitrogens is 3. The van der Waals surface area contributed by atoms with E-state index < -0.39 is 0 Å². The van der Waals surface area contributed by atoms with Gasteiger partial charge in [0.2, 0.25) is 0 Å². The van der Waals surface area contributed by atoms with Crippen molar-refractivity contribution in [1.82, 2.24) is 30.3 Å². The van der Waals surface area contributed by atoms with Gasteiger partial charge in [-0.2, -0.15) is 5.10 Å². The number of ether oxygens (including phenoxy) is 2. The summed E-state index contributed by atoms with van der Waals surface area (Å²) in [5, 5.41) is 11.8. The molecule has 0 radical (unpaired) electrons. The van der Waals surface area contributed by atoms with Crippen LogP contribution in [0.1, 0.15) is 44.8 Å². The lowest BCUT2D eigenvalue weighted by atomic mass is 9.92. The minimum absolute atomic E-state index is 0. The van der Waals surface area contributed by atoms with Gasteiger partial charge < -0.3 is 20.1 Å². The first-order chi connectivity index (χ1) is 14.7. The fourth-order valence-corrected chi connectivity index (χ4v) is 4.59. The van der Waals surface area contributed by atoms with E-state index in [2.05, 4.69) is 44.5 Å². The summed E-state index contributed by atoms with van der Waals surface area (Å²) in [6.07, 6.45) is 4.31. The topological polar surface area (TPSA) is 88.8 Å². The molecule has 1 aromatic heterocycles. The van der Waals surface area contributed by atoms with Gasteiger partial charge in [0.05, 0.1) is 19.8 Å². The number of guanidine groups is 1. The second-order valence-electron chi connectivity index (χ2n) is 8.18. The number of methoxy groups -OCH3 is 1. The van der Waals surface area contributed by atoms with E-state index in [1.807, 2.05) is 11.7 Å². The van der Waals surface area contributed by atoms with Crippen LogP contribution < -0.4 is 10.6 Å². The quantitative estimate of drug-likeness (QED) is 0.275. The van der Waals surface area contributed by atoms with Gasteiger partial charge in [-0.05, 0) is 12.3 Å². The third kappa shape index (κ3) is 7.26. The number of aryl methyl sites for hydroxylation is 1. The number of morpholine rings is 1. The number of fused-ring (bicyclic) bond motifs is 1. The Labute approximate surface area is 203 Å². The maximum absolute atomic E-state index is 5.57. The molecule has 1 fully saturated rings. The molecule has 3 rings (SSSR count). The van der Waals surface area contributed by atoms with E-state index in [1.165, 1.54) is 12.8 Å². The summed E-state index contributed by atoms with van der Waals surface area (Å²) in [6, 6.07) is 0.781. The molecule has 1 saturated heterocycles. The van der Waals surface area contributed by atoms with Crippen molar-refractivity contribution in [3.63, 3.8) is 0 Å². The van der Waals surface area contributed by atoms with Crippen molar-refractivity contribution in [1.29, 1.82) is 0 Å². The van der Waals surface area contributed by atoms with E-state index in [1.54, 1.807) is 7.11 Å². The van der Waals surface area contributed by atoms with Crippen LogP contribution in [0.3, 0.4) is 0 Å². The van der Waals surface area contributed by atoms with Crippen LogP contribution in [-0.2, 0) is 29.0 Å². The van der Waals surface area contributed by atoms with Crippen LogP contribution in [0.25, 0.3) is 0 Å². The zero-order valence-electron chi connectivity index (χ0n) is 19.5. The van der Waals surface area contributed by atoms with Gasteiger partial charge in [-0.3, -0.25) is 9.89 Å². The maximum Gasteiger partial charge on any atom is 0.191 e. The summed E-state index contributed by atoms with van der Waals surface area (Å²) in [7, 11) is 3.52. The number of hydrogen-bond acceptors (Lipinski definition) is 6. The Morgan fingerprint density at radius 1 is 1.29 bits per heavy atom. The van der Waals surface area contributed by atoms with Crippen LogP contribution in [0.5, 0.6) is 0 Å². The summed E-state index contributed by atoms with van der Waals surface area (Å²) in [5.74, 6) is 3.34. The number of halogens is 1. The average molecular weight is 550 g/mol. The molecular weight excluding hydrogens is 509 g/mol. The highest BCUT2D eigenvalue weighted by Crippen LogP contribution is 2.20. The number of nitrogens with zero attached hydrogens (tertiary/aromatic N) is 5. The highest BCUT2D eigenvalue weighted by Gasteiger charge is 2.28. The summed E-state index contributed by atoms with van der Waals surface area (Å²) < 4.78 is 12.7. The molecule has 1 aromatic rings. The minimum Gasteiger partial charge on any atom is -0.379 e. The molecule has 10 heteroatoms. The van der Waals surface area contributed by atoms with E-state index in [0.717, 1.165) is 69.8 Å². The molecule has 0 aromatic carbocycles. The number of rotatable bonds is 9. The number of hydrogen-bond donors (Lipinski definition) is 2. The van der Waals surface area contributed by atoms with E-state index in [4.69, 9.17) is 9.47 Å². The van der Waals surface area contributed by atoms with Gasteiger partial charge >= 0.3 is 0 Å². The molecule has 31 heavy (non-hydrogen) atoms. The van der Waals surface area contributed by atoms with Crippen molar-refractivity contribution in [2.24, 2.45) is 10.9 Å². The third-order valence-electron chi connectivity index (χ3n) is 6.33. The Bertz CT molecular complexity index is 675. The Balaban J connectivity index is 0.00000341. The molecule has 9 nitrogen and oxygen atoms in total. The highest BCUT2D eigenvalue weighted by molar-refractivity contribution is 14.0. The molecule has 3 heterocycles. The highest BCUT2D eigenvalue weighted by atomic mass is 127. The van der Waals surface area contributed by atoms with Gasteiger partial charge in [-0.25, -0.2) is 9.67 Å². The first kappa shape index (κ1) is 26.3. The van der Waals surface area contributed by atoms with E-state index in [0.29, 0.717) is 18.6 Å². The van der Waals surface area contributed by atoms with Gasteiger partial charge in [-0.15, -0.1) is 24.0 Å². The second kappa shape index (κ2) is 13.5. The van der Waals surface area contributed by atoms with Crippen LogP contribution in [0.15, 0.2) is 4.99 Å². The normalized spacial score (nSPS) is 20.8. The molecule has 0 aliphatic carbocycles. The van der Waals surface area contributed by atoms with Crippen molar-refractivity contribution in [3.8, 4) is 0 Å². The lowest BCUT2D eigenvalue weighted by Crippen LogP contribution is -2.54. The lowest BCUT2D eigenvalue weighted by Gasteiger charge is -2.39. The molecule has 2 unspecified atom stereocenters. The number of nitrogens with one attached hydrogen (secondary N) is 2. The zero-order valence-corrected chi connectivity index (χ0v) is 21.8. The van der Waals surface area contributed by atoms with Crippen LogP contribution in [0.2, 0.25) is 0 Å². The van der Waals surface area contributed by atoms with Gasteiger partial charge in [0, 0.05) is 52.3 Å². The summed E-state index contributed by atoms with van der Waals surface area (Å²) in [5.41, 5.74) is 0. The minimum atomic E-state index is 0. The monoisotopic (exact) mass is 549 g/mol. The van der Waals surface area contributed by atoms with Crippen molar-refractivity contribution in [2.45, 2.75) is 64.8 Å². The van der Waals surface area contributed by atoms with Gasteiger partial charge in [0.1, 0.15) is 12.4 Å². The largest absolute Gasteiger partial charge is 0.379 e. The summed E-state index contributed by atoms with van der Waals surface area (Å²) in [6.45, 7) is 10.4. The molecule has 178 valence electrons. The van der Waals surface area contributed by atoms with Gasteiger partial charge in [-0.1, -0.05) is 26.7 Å². The predicted molar refractivity (Wildman–Crippen MR) is 133 cm³/mol. The second-order valence-corrected chi connectivity index (χ2v) is 8.18. The number of aliphatic imine (C=N–C) groups is 1. The van der Waals surface area contributed by atoms with Crippen LogP contribution in [-0.4, -0.2) is 84.7 Å². The van der Waals surface area contributed by atoms with Crippen LogP contribution in [0, 0.1) is 5.92 Å². The van der Waals surface area contributed by atoms with Gasteiger partial charge in [0.25, 0.3) is 0 Å². The van der Waals surface area contributed by atoms with Gasteiger partial charge in [0.15, 0.2) is 11.8 Å². The van der Waals surface area contributed by atoms with Crippen molar-refractivity contribution >= 4 is 29.9 Å². The van der Waals surface area contributed by atoms with Crippen molar-refractivity contribution < 1.29 is 9.47 Å². The first-order valence-corrected chi connectivity index (χ1v) is 11.4. The first-order valence-electron chi connectivity index (χ1n) is 11.4. The molecule has 0 amide bonds. The zero-order chi connectivity index (χ0) is 21.3. The van der Waals surface area contributed by atoms with E-state index >= 15 is 0 Å². The molecule has 0 saturated carbocycles. The molecule has 0 spiro atoms. The fourth-order valence-electron chi connectivity index (χ4n) is 4.59. The fraction of sp³-hybridized carbons (Fsp3) is 0.857. The maximum atomic E-state index is 5.57. The summed E-state index contributed by atoms with van der Waals surface area (Å²) >= 11 is 0. The summed E-state index contributed by atoms with van der Waals surface area (Å²) in [4.78, 5) is 11.6.